The number of hydrogen-bond acceptors (Lipinski definition) is 3. The van der Waals surface area contributed by atoms with Crippen molar-refractivity contribution in [3.8, 4) is 5.75 Å². The van der Waals surface area contributed by atoms with E-state index in [1.807, 2.05) is 0 Å². The molecule has 1 aliphatic heterocycles. The molecule has 1 saturated heterocycles. The second-order valence-corrected chi connectivity index (χ2v) is 6.61. The monoisotopic (exact) mass is 288 g/mol. The number of ether oxygens (including phenoxy) is 1. The van der Waals surface area contributed by atoms with Crippen molar-refractivity contribution in [3.05, 3.63) is 29.8 Å². The summed E-state index contributed by atoms with van der Waals surface area (Å²) in [6.07, 6.45) is 5.24. The van der Waals surface area contributed by atoms with Gasteiger partial charge in [-0.15, -0.1) is 0 Å². The summed E-state index contributed by atoms with van der Waals surface area (Å²) in [5, 5.41) is 3.75. The van der Waals surface area contributed by atoms with Gasteiger partial charge in [0.2, 0.25) is 0 Å². The number of likely N-dealkylation sites (tertiary alicyclic amines) is 1. The van der Waals surface area contributed by atoms with Crippen molar-refractivity contribution in [1.82, 2.24) is 10.2 Å². The lowest BCUT2D eigenvalue weighted by Crippen LogP contribution is -2.46. The minimum absolute atomic E-state index is 0.667. The molecule has 1 aliphatic carbocycles. The van der Waals surface area contributed by atoms with Crippen LogP contribution in [-0.4, -0.2) is 43.7 Å². The summed E-state index contributed by atoms with van der Waals surface area (Å²) in [6.45, 7) is 6.06. The highest BCUT2D eigenvalue weighted by Gasteiger charge is 2.32. The van der Waals surface area contributed by atoms with Gasteiger partial charge in [-0.05, 0) is 63.2 Å². The molecule has 1 N–H and O–H groups in total. The molecule has 2 aliphatic rings. The summed E-state index contributed by atoms with van der Waals surface area (Å²) in [4.78, 5) is 2.61. The normalized spacial score (nSPS) is 27.3. The molecule has 1 unspecified atom stereocenters. The van der Waals surface area contributed by atoms with Gasteiger partial charge in [0.25, 0.3) is 0 Å². The SMILES string of the molecule is COc1ccccc1C1CC(NCC(C)N2CCCC2)C1. The molecule has 3 heteroatoms. The van der Waals surface area contributed by atoms with E-state index in [2.05, 4.69) is 41.4 Å². The highest BCUT2D eigenvalue weighted by Crippen LogP contribution is 2.40. The van der Waals surface area contributed by atoms with Crippen LogP contribution in [0.15, 0.2) is 24.3 Å². The zero-order valence-corrected chi connectivity index (χ0v) is 13.3. The van der Waals surface area contributed by atoms with Crippen molar-refractivity contribution in [3.63, 3.8) is 0 Å². The fourth-order valence-electron chi connectivity index (χ4n) is 3.69. The van der Waals surface area contributed by atoms with Gasteiger partial charge in [-0.1, -0.05) is 18.2 Å². The molecule has 3 nitrogen and oxygen atoms in total. The Balaban J connectivity index is 1.43. The molecule has 1 heterocycles. The molecule has 0 bridgehead atoms. The van der Waals surface area contributed by atoms with Crippen molar-refractivity contribution in [1.29, 1.82) is 0 Å². The van der Waals surface area contributed by atoms with Crippen LogP contribution in [0.3, 0.4) is 0 Å². The Morgan fingerprint density at radius 2 is 1.95 bits per heavy atom. The molecular formula is C18H28N2O. The van der Waals surface area contributed by atoms with Crippen LogP contribution in [0.25, 0.3) is 0 Å². The molecule has 116 valence electrons. The van der Waals surface area contributed by atoms with Crippen LogP contribution >= 0.6 is 0 Å². The number of rotatable bonds is 6. The number of nitrogens with one attached hydrogen (secondary N) is 1. The summed E-state index contributed by atoms with van der Waals surface area (Å²) < 4.78 is 5.48. The second kappa shape index (κ2) is 6.80. The van der Waals surface area contributed by atoms with Crippen LogP contribution in [0.5, 0.6) is 5.75 Å². The van der Waals surface area contributed by atoms with Gasteiger partial charge in [0, 0.05) is 18.6 Å². The van der Waals surface area contributed by atoms with E-state index in [4.69, 9.17) is 4.74 Å². The van der Waals surface area contributed by atoms with E-state index in [1.165, 1.54) is 44.3 Å². The number of nitrogens with zero attached hydrogens (tertiary/aromatic N) is 1. The molecular weight excluding hydrogens is 260 g/mol. The molecule has 0 spiro atoms. The second-order valence-electron chi connectivity index (χ2n) is 6.61. The predicted molar refractivity (Wildman–Crippen MR) is 87.0 cm³/mol. The highest BCUT2D eigenvalue weighted by atomic mass is 16.5. The first-order valence-corrected chi connectivity index (χ1v) is 8.38. The molecule has 1 saturated carbocycles. The smallest absolute Gasteiger partial charge is 0.122 e. The van der Waals surface area contributed by atoms with Crippen molar-refractivity contribution in [2.24, 2.45) is 0 Å². The van der Waals surface area contributed by atoms with Gasteiger partial charge >= 0.3 is 0 Å². The maximum absolute atomic E-state index is 5.48. The third-order valence-corrected chi connectivity index (χ3v) is 5.18. The fourth-order valence-corrected chi connectivity index (χ4v) is 3.69. The molecule has 1 aromatic carbocycles. The summed E-state index contributed by atoms with van der Waals surface area (Å²) in [5.74, 6) is 1.71. The molecule has 1 atom stereocenters. The van der Waals surface area contributed by atoms with E-state index in [9.17, 15) is 0 Å². The largest absolute Gasteiger partial charge is 0.496 e. The van der Waals surface area contributed by atoms with Gasteiger partial charge in [-0.2, -0.15) is 0 Å². The van der Waals surface area contributed by atoms with Crippen molar-refractivity contribution < 1.29 is 4.74 Å². The van der Waals surface area contributed by atoms with Crippen LogP contribution in [0, 0.1) is 0 Å². The molecule has 0 aromatic heterocycles. The Morgan fingerprint density at radius 1 is 1.24 bits per heavy atom. The van der Waals surface area contributed by atoms with E-state index in [0.717, 1.165) is 12.3 Å². The first-order valence-electron chi connectivity index (χ1n) is 8.38. The number of benzene rings is 1. The Bertz CT molecular complexity index is 450. The van der Waals surface area contributed by atoms with E-state index in [0.29, 0.717) is 18.0 Å². The van der Waals surface area contributed by atoms with Crippen LogP contribution in [0.1, 0.15) is 44.1 Å². The van der Waals surface area contributed by atoms with E-state index < -0.39 is 0 Å². The summed E-state index contributed by atoms with van der Waals surface area (Å²) >= 11 is 0. The number of para-hydroxylation sites is 1. The summed E-state index contributed by atoms with van der Waals surface area (Å²) in [7, 11) is 1.77. The summed E-state index contributed by atoms with van der Waals surface area (Å²) in [6, 6.07) is 9.82. The molecule has 21 heavy (non-hydrogen) atoms. The van der Waals surface area contributed by atoms with Gasteiger partial charge in [0.15, 0.2) is 0 Å². The Morgan fingerprint density at radius 3 is 2.67 bits per heavy atom. The Kier molecular flexibility index (Phi) is 4.81. The van der Waals surface area contributed by atoms with Crippen LogP contribution in [0.2, 0.25) is 0 Å². The predicted octanol–water partition coefficient (Wildman–Crippen LogP) is 3.02. The van der Waals surface area contributed by atoms with Crippen LogP contribution in [-0.2, 0) is 0 Å². The van der Waals surface area contributed by atoms with Gasteiger partial charge in [0.05, 0.1) is 7.11 Å². The first-order chi connectivity index (χ1) is 10.3. The third kappa shape index (κ3) is 3.41. The van der Waals surface area contributed by atoms with Crippen LogP contribution in [0.4, 0.5) is 0 Å². The molecule has 1 aromatic rings. The lowest BCUT2D eigenvalue weighted by molar-refractivity contribution is 0.218. The third-order valence-electron chi connectivity index (χ3n) is 5.18. The van der Waals surface area contributed by atoms with Crippen molar-refractivity contribution >= 4 is 0 Å². The zero-order chi connectivity index (χ0) is 14.7. The van der Waals surface area contributed by atoms with Crippen molar-refractivity contribution in [2.45, 2.75) is 50.6 Å². The molecule has 0 amide bonds. The number of hydrogen-bond donors (Lipinski definition) is 1. The quantitative estimate of drug-likeness (QED) is 0.871. The van der Waals surface area contributed by atoms with E-state index >= 15 is 0 Å². The average Bonchev–Trinajstić information content (AvgIpc) is 3.00. The zero-order valence-electron chi connectivity index (χ0n) is 13.3. The van der Waals surface area contributed by atoms with E-state index in [1.54, 1.807) is 7.11 Å². The minimum Gasteiger partial charge on any atom is -0.496 e. The van der Waals surface area contributed by atoms with E-state index in [-0.39, 0.29) is 0 Å². The topological polar surface area (TPSA) is 24.5 Å². The maximum Gasteiger partial charge on any atom is 0.122 e. The molecule has 0 radical (unpaired) electrons. The minimum atomic E-state index is 0.667. The first kappa shape index (κ1) is 14.9. The summed E-state index contributed by atoms with van der Waals surface area (Å²) in [5.41, 5.74) is 1.38. The maximum atomic E-state index is 5.48. The fraction of sp³-hybridized carbons (Fsp3) is 0.667. The number of methoxy groups -OCH3 is 1. The van der Waals surface area contributed by atoms with Crippen molar-refractivity contribution in [2.75, 3.05) is 26.7 Å². The average molecular weight is 288 g/mol. The van der Waals surface area contributed by atoms with Gasteiger partial charge < -0.3 is 10.1 Å². The molecule has 2 fully saturated rings. The van der Waals surface area contributed by atoms with Gasteiger partial charge in [0.1, 0.15) is 5.75 Å². The lowest BCUT2D eigenvalue weighted by Gasteiger charge is -2.38. The van der Waals surface area contributed by atoms with Crippen LogP contribution < -0.4 is 10.1 Å². The lowest BCUT2D eigenvalue weighted by atomic mass is 9.75. The Labute approximate surface area is 128 Å². The Hall–Kier alpha value is -1.06. The van der Waals surface area contributed by atoms with Gasteiger partial charge in [-0.3, -0.25) is 4.90 Å². The standard InChI is InChI=1S/C18H28N2O/c1-14(20-9-5-6-10-20)13-19-16-11-15(12-16)17-7-3-4-8-18(17)21-2/h3-4,7-8,14-16,19H,5-6,9-13H2,1-2H3. The van der Waals surface area contributed by atoms with Gasteiger partial charge in [-0.25, -0.2) is 0 Å². The highest BCUT2D eigenvalue weighted by molar-refractivity contribution is 5.37. The molecule has 3 rings (SSSR count).